The summed E-state index contributed by atoms with van der Waals surface area (Å²) in [6, 6.07) is 1.73. The van der Waals surface area contributed by atoms with Gasteiger partial charge in [-0.2, -0.15) is 5.10 Å². The number of nitrogen functional groups attached to an aromatic ring is 1. The molecule has 0 bridgehead atoms. The van der Waals surface area contributed by atoms with Gasteiger partial charge >= 0.3 is 0 Å². The zero-order chi connectivity index (χ0) is 8.39. The molecule has 0 saturated heterocycles. The number of hydrogen-bond donors (Lipinski definition) is 2. The molecule has 0 radical (unpaired) electrons. The first-order chi connectivity index (χ1) is 5.86. The summed E-state index contributed by atoms with van der Waals surface area (Å²) in [6.45, 7) is 0. The Labute approximate surface area is 80.8 Å². The highest BCUT2D eigenvalue weighted by Gasteiger charge is 1.99. The summed E-state index contributed by atoms with van der Waals surface area (Å²) < 4.78 is 0. The highest BCUT2D eigenvalue weighted by molar-refractivity contribution is 5.85. The van der Waals surface area contributed by atoms with Crippen LogP contribution < -0.4 is 5.73 Å². The van der Waals surface area contributed by atoms with E-state index >= 15 is 0 Å². The van der Waals surface area contributed by atoms with Crippen molar-refractivity contribution in [1.82, 2.24) is 20.2 Å². The fraction of sp³-hybridized carbons (Fsp3) is 0. The number of aromatic nitrogens is 4. The van der Waals surface area contributed by atoms with Crippen LogP contribution in [0.25, 0.3) is 11.3 Å². The van der Waals surface area contributed by atoms with Gasteiger partial charge in [0.05, 0.1) is 5.69 Å². The van der Waals surface area contributed by atoms with E-state index in [2.05, 4.69) is 20.2 Å². The molecule has 3 N–H and O–H groups in total. The zero-order valence-electron chi connectivity index (χ0n) is 6.64. The van der Waals surface area contributed by atoms with Crippen molar-refractivity contribution in [3.05, 3.63) is 24.8 Å². The maximum Gasteiger partial charge on any atom is 0.145 e. The molecule has 0 aliphatic carbocycles. The third kappa shape index (κ3) is 1.94. The molecule has 68 valence electrons. The lowest BCUT2D eigenvalue weighted by atomic mass is 10.2. The monoisotopic (exact) mass is 197 g/mol. The minimum Gasteiger partial charge on any atom is -0.382 e. The Balaban J connectivity index is 0.000000845. The van der Waals surface area contributed by atoms with Crippen molar-refractivity contribution in [2.24, 2.45) is 0 Å². The molecule has 2 aromatic rings. The zero-order valence-corrected chi connectivity index (χ0v) is 7.45. The van der Waals surface area contributed by atoms with Gasteiger partial charge in [-0.25, -0.2) is 9.97 Å². The van der Waals surface area contributed by atoms with E-state index in [0.29, 0.717) is 5.82 Å². The second-order valence-corrected chi connectivity index (χ2v) is 2.33. The number of hydrogen-bond acceptors (Lipinski definition) is 4. The van der Waals surface area contributed by atoms with Gasteiger partial charge in [0, 0.05) is 24.0 Å². The van der Waals surface area contributed by atoms with Crippen molar-refractivity contribution in [3.8, 4) is 11.3 Å². The Morgan fingerprint density at radius 2 is 1.92 bits per heavy atom. The Hall–Kier alpha value is -1.62. The highest BCUT2D eigenvalue weighted by Crippen LogP contribution is 2.15. The first kappa shape index (κ1) is 9.47. The number of rotatable bonds is 1. The molecule has 0 unspecified atom stereocenters. The molecule has 0 amide bonds. The average molecular weight is 198 g/mol. The van der Waals surface area contributed by atoms with Crippen LogP contribution in [0.1, 0.15) is 0 Å². The molecule has 0 aromatic carbocycles. The van der Waals surface area contributed by atoms with Crippen molar-refractivity contribution in [1.29, 1.82) is 0 Å². The summed E-state index contributed by atoms with van der Waals surface area (Å²) in [5, 5.41) is 6.56. The van der Waals surface area contributed by atoms with Crippen LogP contribution in [0, 0.1) is 0 Å². The maximum atomic E-state index is 5.43. The van der Waals surface area contributed by atoms with Crippen molar-refractivity contribution < 1.29 is 0 Å². The Kier molecular flexibility index (Phi) is 2.81. The number of halogens is 1. The van der Waals surface area contributed by atoms with E-state index in [1.165, 1.54) is 6.33 Å². The van der Waals surface area contributed by atoms with Crippen LogP contribution in [0.5, 0.6) is 0 Å². The molecule has 2 rings (SSSR count). The Morgan fingerprint density at radius 1 is 1.23 bits per heavy atom. The smallest absolute Gasteiger partial charge is 0.145 e. The molecule has 0 aliphatic heterocycles. The SMILES string of the molecule is Cl.Nc1cc(-c2cncnc2)[nH]n1. The highest BCUT2D eigenvalue weighted by atomic mass is 35.5. The van der Waals surface area contributed by atoms with E-state index in [0.717, 1.165) is 11.3 Å². The molecule has 6 heteroatoms. The van der Waals surface area contributed by atoms with Crippen LogP contribution in [-0.2, 0) is 0 Å². The van der Waals surface area contributed by atoms with Crippen LogP contribution in [0.4, 0.5) is 5.82 Å². The first-order valence-electron chi connectivity index (χ1n) is 3.42. The normalized spacial score (nSPS) is 9.23. The summed E-state index contributed by atoms with van der Waals surface area (Å²) >= 11 is 0. The van der Waals surface area contributed by atoms with Crippen molar-refractivity contribution >= 4 is 18.2 Å². The predicted molar refractivity (Wildman–Crippen MR) is 51.3 cm³/mol. The van der Waals surface area contributed by atoms with Crippen LogP contribution in [0.2, 0.25) is 0 Å². The van der Waals surface area contributed by atoms with Gasteiger partial charge in [-0.3, -0.25) is 5.10 Å². The average Bonchev–Trinajstić information content (AvgIpc) is 2.54. The molecule has 13 heavy (non-hydrogen) atoms. The maximum absolute atomic E-state index is 5.43. The Morgan fingerprint density at radius 3 is 2.46 bits per heavy atom. The molecule has 0 atom stereocenters. The molecular formula is C7H8ClN5. The summed E-state index contributed by atoms with van der Waals surface area (Å²) in [4.78, 5) is 7.74. The minimum atomic E-state index is 0. The molecular weight excluding hydrogens is 190 g/mol. The molecule has 2 aromatic heterocycles. The van der Waals surface area contributed by atoms with Gasteiger partial charge in [-0.15, -0.1) is 12.4 Å². The van der Waals surface area contributed by atoms with E-state index < -0.39 is 0 Å². The molecule has 2 heterocycles. The van der Waals surface area contributed by atoms with E-state index in [1.54, 1.807) is 18.5 Å². The molecule has 0 saturated carbocycles. The van der Waals surface area contributed by atoms with Crippen LogP contribution in [0.3, 0.4) is 0 Å². The molecule has 0 spiro atoms. The lowest BCUT2D eigenvalue weighted by Gasteiger charge is -1.91. The minimum absolute atomic E-state index is 0. The molecule has 0 aliphatic rings. The van der Waals surface area contributed by atoms with E-state index in [9.17, 15) is 0 Å². The van der Waals surface area contributed by atoms with Crippen LogP contribution in [0.15, 0.2) is 24.8 Å². The lowest BCUT2D eigenvalue weighted by molar-refractivity contribution is 1.09. The van der Waals surface area contributed by atoms with Crippen molar-refractivity contribution in [2.45, 2.75) is 0 Å². The largest absolute Gasteiger partial charge is 0.382 e. The summed E-state index contributed by atoms with van der Waals surface area (Å²) in [7, 11) is 0. The number of nitrogens with two attached hydrogens (primary N) is 1. The number of nitrogens with one attached hydrogen (secondary N) is 1. The van der Waals surface area contributed by atoms with Crippen LogP contribution in [-0.4, -0.2) is 20.2 Å². The van der Waals surface area contributed by atoms with E-state index in [1.807, 2.05) is 0 Å². The van der Waals surface area contributed by atoms with Crippen LogP contribution >= 0.6 is 12.4 Å². The van der Waals surface area contributed by atoms with Crippen molar-refractivity contribution in [3.63, 3.8) is 0 Å². The van der Waals surface area contributed by atoms with E-state index in [-0.39, 0.29) is 12.4 Å². The van der Waals surface area contributed by atoms with Gasteiger partial charge in [0.1, 0.15) is 12.1 Å². The van der Waals surface area contributed by atoms with E-state index in [4.69, 9.17) is 5.73 Å². The second kappa shape index (κ2) is 3.86. The number of H-pyrrole nitrogens is 1. The van der Waals surface area contributed by atoms with Crippen molar-refractivity contribution in [2.75, 3.05) is 5.73 Å². The number of nitrogens with zero attached hydrogens (tertiary/aromatic N) is 3. The van der Waals surface area contributed by atoms with Gasteiger partial charge in [-0.05, 0) is 0 Å². The quantitative estimate of drug-likeness (QED) is 0.711. The predicted octanol–water partition coefficient (Wildman–Crippen LogP) is 0.871. The number of aromatic amines is 1. The van der Waals surface area contributed by atoms with Gasteiger partial charge in [0.25, 0.3) is 0 Å². The van der Waals surface area contributed by atoms with Gasteiger partial charge in [0.15, 0.2) is 0 Å². The third-order valence-electron chi connectivity index (χ3n) is 1.47. The molecule has 0 fully saturated rings. The fourth-order valence-electron chi connectivity index (χ4n) is 0.923. The van der Waals surface area contributed by atoms with Gasteiger partial charge in [-0.1, -0.05) is 0 Å². The Bertz CT molecular complexity index is 371. The summed E-state index contributed by atoms with van der Waals surface area (Å²) in [6.07, 6.45) is 4.86. The second-order valence-electron chi connectivity index (χ2n) is 2.33. The third-order valence-corrected chi connectivity index (χ3v) is 1.47. The number of anilines is 1. The lowest BCUT2D eigenvalue weighted by Crippen LogP contribution is -1.81. The first-order valence-corrected chi connectivity index (χ1v) is 3.42. The molecule has 5 nitrogen and oxygen atoms in total. The van der Waals surface area contributed by atoms with Gasteiger partial charge < -0.3 is 5.73 Å². The topological polar surface area (TPSA) is 80.5 Å². The fourth-order valence-corrected chi connectivity index (χ4v) is 0.923. The standard InChI is InChI=1S/C7H7N5.ClH/c8-7-1-6(11-12-7)5-2-9-4-10-3-5;/h1-4H,(H3,8,11,12);1H. The summed E-state index contributed by atoms with van der Waals surface area (Å²) in [5.74, 6) is 0.467. The van der Waals surface area contributed by atoms with Gasteiger partial charge in [0.2, 0.25) is 0 Å². The summed E-state index contributed by atoms with van der Waals surface area (Å²) in [5.41, 5.74) is 7.14.